The largest absolute Gasteiger partial charge is 0.456 e. The minimum Gasteiger partial charge on any atom is -0.456 e. The first kappa shape index (κ1) is 65.1. The molecule has 0 bridgehead atoms. The second-order valence-electron chi connectivity index (χ2n) is 28.0. The maximum absolute atomic E-state index is 6.50. The van der Waals surface area contributed by atoms with Crippen LogP contribution in [-0.4, -0.2) is 39.0 Å². The monoisotopic (exact) mass is 1430 g/mol. The Morgan fingerprint density at radius 2 is 0.482 bits per heavy atom. The van der Waals surface area contributed by atoms with Crippen LogP contribution >= 0.6 is 0 Å². The quantitative estimate of drug-likeness (QED) is 0.119. The van der Waals surface area contributed by atoms with E-state index in [2.05, 4.69) is 300 Å². The molecule has 524 valence electrons. The summed E-state index contributed by atoms with van der Waals surface area (Å²) in [6.45, 7) is 0. The molecule has 0 fully saturated rings. The maximum Gasteiger partial charge on any atom is 0.166 e. The van der Waals surface area contributed by atoms with Crippen LogP contribution in [0.4, 0.5) is 0 Å². The summed E-state index contributed by atoms with van der Waals surface area (Å²) in [6, 6.07) is 135. The summed E-state index contributed by atoms with van der Waals surface area (Å²) >= 11 is 0. The fourth-order valence-electron chi connectivity index (χ4n) is 16.0. The van der Waals surface area contributed by atoms with Gasteiger partial charge in [0.05, 0.1) is 33.4 Å². The molecular weight excluding hydrogens is 1370 g/mol. The second kappa shape index (κ2) is 27.5. The number of hydrogen-bond acceptors (Lipinski definition) is 8. The lowest BCUT2D eigenvalue weighted by Gasteiger charge is -2.16. The average Bonchev–Trinajstić information content (AvgIpc) is 1.56. The molecule has 0 unspecified atom stereocenters. The summed E-state index contributed by atoms with van der Waals surface area (Å²) in [5, 5.41) is 9.01. The standard InChI is InChI=1S/2C51H32N4O/c1-4-15-33(16-5-1)34-27-29-37(30-28-34)50-52-49(36-19-8-3-9-20-36)53-51(54-50)41-22-10-12-25-44(41)55-45-32-47-43(39-21-11-13-26-46(39)56-47)31-42(45)40-24-14-23-38(48(40)55)35-17-6-2-7-18-35;1-4-14-33(15-5-1)35-24-26-37(27-25-35)50-52-49(36-18-8-3-9-19-36)53-51(54-50)41-21-10-12-22-44(41)55-45-30-38(34-16-6-2-7-17-34)28-29-39(45)42-31-43-40-20-11-13-23-47(40)56-48(43)32-46(42)55/h2*1-32H. The van der Waals surface area contributed by atoms with Crippen molar-refractivity contribution in [2.24, 2.45) is 0 Å². The summed E-state index contributed by atoms with van der Waals surface area (Å²) in [7, 11) is 0. The highest BCUT2D eigenvalue weighted by Gasteiger charge is 2.26. The van der Waals surface area contributed by atoms with Gasteiger partial charge >= 0.3 is 0 Å². The number of fused-ring (bicyclic) bond motifs is 12. The van der Waals surface area contributed by atoms with Crippen molar-refractivity contribution in [3.8, 4) is 124 Å². The van der Waals surface area contributed by atoms with E-state index in [-0.39, 0.29) is 0 Å². The summed E-state index contributed by atoms with van der Waals surface area (Å²) in [5.74, 6) is 3.64. The van der Waals surface area contributed by atoms with Crippen LogP contribution < -0.4 is 0 Å². The Balaban J connectivity index is 0.000000141. The Morgan fingerprint density at radius 1 is 0.170 bits per heavy atom. The molecule has 0 radical (unpaired) electrons. The summed E-state index contributed by atoms with van der Waals surface area (Å²) in [4.78, 5) is 31.0. The van der Waals surface area contributed by atoms with Crippen molar-refractivity contribution in [3.05, 3.63) is 388 Å². The number of nitrogens with zero attached hydrogens (tertiary/aromatic N) is 8. The maximum atomic E-state index is 6.50. The Morgan fingerprint density at radius 3 is 0.955 bits per heavy atom. The van der Waals surface area contributed by atoms with Gasteiger partial charge in [-0.2, -0.15) is 0 Å². The number of furan rings is 2. The minimum absolute atomic E-state index is 0.591. The zero-order valence-electron chi connectivity index (χ0n) is 60.3. The van der Waals surface area contributed by atoms with Crippen molar-refractivity contribution in [2.75, 3.05) is 0 Å². The number of rotatable bonds is 12. The van der Waals surface area contributed by atoms with Crippen molar-refractivity contribution < 1.29 is 8.83 Å². The number of aromatic nitrogens is 8. The molecule has 0 saturated heterocycles. The minimum atomic E-state index is 0.591. The van der Waals surface area contributed by atoms with Crippen LogP contribution in [0.15, 0.2) is 397 Å². The normalized spacial score (nSPS) is 11.6. The average molecular weight is 1430 g/mol. The van der Waals surface area contributed by atoms with E-state index in [9.17, 15) is 0 Å². The van der Waals surface area contributed by atoms with E-state index in [0.29, 0.717) is 34.9 Å². The van der Waals surface area contributed by atoms with Gasteiger partial charge in [-0.1, -0.05) is 322 Å². The highest BCUT2D eigenvalue weighted by molar-refractivity contribution is 6.21. The van der Waals surface area contributed by atoms with Crippen LogP contribution in [0.25, 0.3) is 212 Å². The van der Waals surface area contributed by atoms with Gasteiger partial charge in [-0.3, -0.25) is 0 Å². The molecule has 10 nitrogen and oxygen atoms in total. The Kier molecular flexibility index (Phi) is 16.0. The Labute approximate surface area is 643 Å². The molecule has 22 aromatic rings. The van der Waals surface area contributed by atoms with Gasteiger partial charge < -0.3 is 18.0 Å². The molecule has 0 aliphatic rings. The molecule has 0 N–H and O–H groups in total. The lowest BCUT2D eigenvalue weighted by atomic mass is 10.0. The predicted molar refractivity (Wildman–Crippen MR) is 457 cm³/mol. The predicted octanol–water partition coefficient (Wildman–Crippen LogP) is 26.4. The van der Waals surface area contributed by atoms with Crippen molar-refractivity contribution in [1.29, 1.82) is 0 Å². The highest BCUT2D eigenvalue weighted by Crippen LogP contribution is 2.46. The lowest BCUT2D eigenvalue weighted by Crippen LogP contribution is -2.04. The fourth-order valence-corrected chi connectivity index (χ4v) is 16.0. The van der Waals surface area contributed by atoms with Gasteiger partial charge in [-0.15, -0.1) is 0 Å². The van der Waals surface area contributed by atoms with Crippen molar-refractivity contribution >= 4 is 87.5 Å². The van der Waals surface area contributed by atoms with Gasteiger partial charge in [0.25, 0.3) is 0 Å². The molecule has 6 aromatic heterocycles. The van der Waals surface area contributed by atoms with Gasteiger partial charge in [0, 0.05) is 94.2 Å². The van der Waals surface area contributed by atoms with Crippen LogP contribution in [0.2, 0.25) is 0 Å². The third kappa shape index (κ3) is 11.6. The summed E-state index contributed by atoms with van der Waals surface area (Å²) < 4.78 is 17.7. The molecule has 0 saturated carbocycles. The molecular formula is C102H64N8O2. The smallest absolute Gasteiger partial charge is 0.166 e. The molecule has 16 aromatic carbocycles. The first-order valence-electron chi connectivity index (χ1n) is 37.5. The first-order chi connectivity index (χ1) is 55.5. The van der Waals surface area contributed by atoms with Gasteiger partial charge in [0.2, 0.25) is 0 Å². The molecule has 0 atom stereocenters. The summed E-state index contributed by atoms with van der Waals surface area (Å²) in [5.41, 5.74) is 24.3. The van der Waals surface area contributed by atoms with E-state index in [1.807, 2.05) is 97.1 Å². The van der Waals surface area contributed by atoms with Crippen LogP contribution in [-0.2, 0) is 0 Å². The molecule has 10 heteroatoms. The topological polar surface area (TPSA) is 113 Å². The van der Waals surface area contributed by atoms with E-state index in [1.54, 1.807) is 0 Å². The molecule has 0 aliphatic heterocycles. The molecule has 6 heterocycles. The van der Waals surface area contributed by atoms with Gasteiger partial charge in [-0.25, -0.2) is 29.9 Å². The Hall–Kier alpha value is -15.3. The van der Waals surface area contributed by atoms with Crippen LogP contribution in [0.3, 0.4) is 0 Å². The van der Waals surface area contributed by atoms with Gasteiger partial charge in [-0.05, 0) is 93.5 Å². The number of hydrogen-bond donors (Lipinski definition) is 0. The van der Waals surface area contributed by atoms with E-state index in [0.717, 1.165) is 177 Å². The molecule has 0 spiro atoms. The zero-order chi connectivity index (χ0) is 74.0. The third-order valence-electron chi connectivity index (χ3n) is 21.3. The highest BCUT2D eigenvalue weighted by atomic mass is 16.3. The van der Waals surface area contributed by atoms with Crippen LogP contribution in [0.5, 0.6) is 0 Å². The molecule has 0 amide bonds. The molecule has 112 heavy (non-hydrogen) atoms. The molecule has 0 aliphatic carbocycles. The lowest BCUT2D eigenvalue weighted by molar-refractivity contribution is 0.669. The van der Waals surface area contributed by atoms with Crippen molar-refractivity contribution in [1.82, 2.24) is 39.0 Å². The van der Waals surface area contributed by atoms with E-state index < -0.39 is 0 Å². The SMILES string of the molecule is c1ccc(-c2ccc(-c3nc(-c4ccccc4)nc(-c4ccccc4-n4c5cc(-c6ccccc6)ccc5c5cc6c(cc54)oc4ccccc46)n3)cc2)cc1.c1ccc(-c2ccc(-c3nc(-c4ccccc4)nc(-c4ccccc4-n4c5cc6oc7ccccc7c6cc5c5cccc(-c6ccccc6)c54)n3)cc2)cc1. The van der Waals surface area contributed by atoms with Gasteiger partial charge in [0.1, 0.15) is 22.3 Å². The van der Waals surface area contributed by atoms with E-state index >= 15 is 0 Å². The number of para-hydroxylation sites is 5. The number of benzene rings is 16. The van der Waals surface area contributed by atoms with E-state index in [1.165, 1.54) is 0 Å². The fraction of sp³-hybridized carbons (Fsp3) is 0. The van der Waals surface area contributed by atoms with Crippen LogP contribution in [0, 0.1) is 0 Å². The van der Waals surface area contributed by atoms with E-state index in [4.69, 9.17) is 38.7 Å². The first-order valence-corrected chi connectivity index (χ1v) is 37.5. The van der Waals surface area contributed by atoms with Gasteiger partial charge in [0.15, 0.2) is 34.9 Å². The second-order valence-corrected chi connectivity index (χ2v) is 28.0. The third-order valence-corrected chi connectivity index (χ3v) is 21.3. The Bertz CT molecular complexity index is 7330. The van der Waals surface area contributed by atoms with Crippen molar-refractivity contribution in [2.45, 2.75) is 0 Å². The molecule has 22 rings (SSSR count). The van der Waals surface area contributed by atoms with Crippen LogP contribution in [0.1, 0.15) is 0 Å². The summed E-state index contributed by atoms with van der Waals surface area (Å²) in [6.07, 6.45) is 0. The zero-order valence-corrected chi connectivity index (χ0v) is 60.3. The van der Waals surface area contributed by atoms with Crippen molar-refractivity contribution in [3.63, 3.8) is 0 Å².